The molecule has 3 aromatic carbocycles. The number of hydrogen-bond donors (Lipinski definition) is 0. The van der Waals surface area contributed by atoms with Crippen LogP contribution >= 0.6 is 7.92 Å². The zero-order chi connectivity index (χ0) is 19.6. The lowest BCUT2D eigenvalue weighted by atomic mass is 10.3. The lowest BCUT2D eigenvalue weighted by Gasteiger charge is -2.22. The van der Waals surface area contributed by atoms with Gasteiger partial charge in [-0.1, -0.05) is 74.5 Å². The van der Waals surface area contributed by atoms with E-state index in [1.807, 2.05) is 38.1 Å². The molecule has 3 nitrogen and oxygen atoms in total. The Balaban J connectivity index is 0.00000126. The van der Waals surface area contributed by atoms with Crippen molar-refractivity contribution in [2.75, 3.05) is 21.3 Å². The van der Waals surface area contributed by atoms with Crippen LogP contribution in [0.5, 0.6) is 17.2 Å². The van der Waals surface area contributed by atoms with E-state index in [4.69, 9.17) is 14.2 Å². The summed E-state index contributed by atoms with van der Waals surface area (Å²) in [5.41, 5.74) is 0. The van der Waals surface area contributed by atoms with Gasteiger partial charge in [-0.2, -0.15) is 0 Å². The molecule has 0 saturated carbocycles. The molecule has 0 N–H and O–H groups in total. The molecule has 0 heterocycles. The van der Waals surface area contributed by atoms with E-state index in [2.05, 4.69) is 48.5 Å². The van der Waals surface area contributed by atoms with Gasteiger partial charge in [0.15, 0.2) is 11.5 Å². The van der Waals surface area contributed by atoms with Gasteiger partial charge in [0.1, 0.15) is 0 Å². The maximum absolute atomic E-state index is 5.55. The molecule has 0 aromatic heterocycles. The van der Waals surface area contributed by atoms with Crippen molar-refractivity contribution in [2.24, 2.45) is 0 Å². The first-order valence-corrected chi connectivity index (χ1v) is 10.3. The van der Waals surface area contributed by atoms with Crippen molar-refractivity contribution in [3.63, 3.8) is 0 Å². The second kappa shape index (κ2) is 10.6. The molecule has 3 rings (SSSR count). The molecule has 0 saturated heterocycles. The lowest BCUT2D eigenvalue weighted by Crippen LogP contribution is -2.21. The summed E-state index contributed by atoms with van der Waals surface area (Å²) in [7, 11) is 4.19. The van der Waals surface area contributed by atoms with Gasteiger partial charge in [-0.05, 0) is 36.0 Å². The summed E-state index contributed by atoms with van der Waals surface area (Å²) in [6, 6.07) is 25.1. The third-order valence-corrected chi connectivity index (χ3v) is 6.34. The molecule has 0 unspecified atom stereocenters. The average molecular weight is 382 g/mol. The Labute approximate surface area is 163 Å². The summed E-state index contributed by atoms with van der Waals surface area (Å²) >= 11 is 0. The number of rotatable bonds is 6. The Kier molecular flexibility index (Phi) is 8.16. The highest BCUT2D eigenvalue weighted by atomic mass is 31.1. The standard InChI is InChI=1S/C21H21O3P.C2H6/c1-22-19-14-18(15-20(23-2)21(19)24-3)25(16-10-6-4-7-11-16)17-12-8-5-9-13-17;1-2/h4-15H,1-3H3;1-2H3. The third-order valence-electron chi connectivity index (χ3n) is 3.94. The van der Waals surface area contributed by atoms with Crippen LogP contribution in [-0.2, 0) is 0 Å². The van der Waals surface area contributed by atoms with Gasteiger partial charge < -0.3 is 14.2 Å². The van der Waals surface area contributed by atoms with Crippen molar-refractivity contribution < 1.29 is 14.2 Å². The number of methoxy groups -OCH3 is 3. The van der Waals surface area contributed by atoms with E-state index in [9.17, 15) is 0 Å². The lowest BCUT2D eigenvalue weighted by molar-refractivity contribution is 0.325. The van der Waals surface area contributed by atoms with E-state index in [0.717, 1.165) is 5.30 Å². The molecular weight excluding hydrogens is 355 g/mol. The molecule has 142 valence electrons. The minimum Gasteiger partial charge on any atom is -0.493 e. The number of benzene rings is 3. The van der Waals surface area contributed by atoms with Gasteiger partial charge in [-0.3, -0.25) is 0 Å². The molecule has 0 amide bonds. The van der Waals surface area contributed by atoms with Crippen LogP contribution in [0, 0.1) is 0 Å². The number of ether oxygens (including phenoxy) is 3. The Morgan fingerprint density at radius 2 is 0.963 bits per heavy atom. The summed E-state index contributed by atoms with van der Waals surface area (Å²) < 4.78 is 16.6. The maximum atomic E-state index is 5.55. The third kappa shape index (κ3) is 4.81. The molecular formula is C23H27O3P. The molecule has 0 radical (unpaired) electrons. The van der Waals surface area contributed by atoms with Gasteiger partial charge in [-0.15, -0.1) is 0 Å². The summed E-state index contributed by atoms with van der Waals surface area (Å²) in [6.45, 7) is 4.00. The normalized spacial score (nSPS) is 10.0. The average Bonchev–Trinajstić information content (AvgIpc) is 2.76. The van der Waals surface area contributed by atoms with Crippen molar-refractivity contribution in [1.29, 1.82) is 0 Å². The van der Waals surface area contributed by atoms with Crippen LogP contribution < -0.4 is 30.1 Å². The smallest absolute Gasteiger partial charge is 0.203 e. The first-order valence-electron chi connectivity index (χ1n) is 8.98. The van der Waals surface area contributed by atoms with Gasteiger partial charge in [0.05, 0.1) is 21.3 Å². The quantitative estimate of drug-likeness (QED) is 0.588. The minimum absolute atomic E-state index is 0.616. The zero-order valence-corrected chi connectivity index (χ0v) is 17.5. The van der Waals surface area contributed by atoms with E-state index in [1.165, 1.54) is 10.6 Å². The Bertz CT molecular complexity index is 755. The summed E-state index contributed by atoms with van der Waals surface area (Å²) in [6.07, 6.45) is 0. The van der Waals surface area contributed by atoms with Crippen molar-refractivity contribution >= 4 is 23.8 Å². The molecule has 3 aromatic rings. The monoisotopic (exact) mass is 382 g/mol. The van der Waals surface area contributed by atoms with Crippen LogP contribution in [0.1, 0.15) is 13.8 Å². The van der Waals surface area contributed by atoms with Crippen molar-refractivity contribution in [1.82, 2.24) is 0 Å². The van der Waals surface area contributed by atoms with E-state index in [1.54, 1.807) is 21.3 Å². The zero-order valence-electron chi connectivity index (χ0n) is 16.6. The predicted octanol–water partition coefficient (Wildman–Crippen LogP) is 4.50. The van der Waals surface area contributed by atoms with Crippen LogP contribution in [-0.4, -0.2) is 21.3 Å². The minimum atomic E-state index is -0.723. The molecule has 0 aliphatic heterocycles. The highest BCUT2D eigenvalue weighted by molar-refractivity contribution is 7.79. The van der Waals surface area contributed by atoms with E-state index >= 15 is 0 Å². The first kappa shape index (κ1) is 20.8. The highest BCUT2D eigenvalue weighted by Gasteiger charge is 2.21. The highest BCUT2D eigenvalue weighted by Crippen LogP contribution is 2.41. The van der Waals surface area contributed by atoms with Crippen LogP contribution in [0.25, 0.3) is 0 Å². The topological polar surface area (TPSA) is 27.7 Å². The summed E-state index contributed by atoms with van der Waals surface area (Å²) in [5.74, 6) is 1.97. The second-order valence-corrected chi connectivity index (χ2v) is 7.61. The van der Waals surface area contributed by atoms with E-state index < -0.39 is 7.92 Å². The van der Waals surface area contributed by atoms with E-state index in [0.29, 0.717) is 17.2 Å². The Hall–Kier alpha value is -2.51. The van der Waals surface area contributed by atoms with E-state index in [-0.39, 0.29) is 0 Å². The van der Waals surface area contributed by atoms with Gasteiger partial charge in [0.25, 0.3) is 0 Å². The van der Waals surface area contributed by atoms with Crippen molar-refractivity contribution in [2.45, 2.75) is 13.8 Å². The molecule has 0 aliphatic rings. The predicted molar refractivity (Wildman–Crippen MR) is 116 cm³/mol. The molecule has 0 spiro atoms. The largest absolute Gasteiger partial charge is 0.493 e. The van der Waals surface area contributed by atoms with Gasteiger partial charge in [-0.25, -0.2) is 0 Å². The van der Waals surface area contributed by atoms with Crippen LogP contribution in [0.4, 0.5) is 0 Å². The van der Waals surface area contributed by atoms with Gasteiger partial charge in [0, 0.05) is 0 Å². The molecule has 27 heavy (non-hydrogen) atoms. The fourth-order valence-electron chi connectivity index (χ4n) is 2.80. The fraction of sp³-hybridized carbons (Fsp3) is 0.217. The van der Waals surface area contributed by atoms with Crippen molar-refractivity contribution in [3.8, 4) is 17.2 Å². The van der Waals surface area contributed by atoms with Crippen LogP contribution in [0.2, 0.25) is 0 Å². The van der Waals surface area contributed by atoms with Gasteiger partial charge in [0.2, 0.25) is 5.75 Å². The summed E-state index contributed by atoms with van der Waals surface area (Å²) in [4.78, 5) is 0. The molecule has 0 aliphatic carbocycles. The first-order chi connectivity index (χ1) is 13.3. The molecule has 0 bridgehead atoms. The Morgan fingerprint density at radius 3 is 1.30 bits per heavy atom. The maximum Gasteiger partial charge on any atom is 0.203 e. The Morgan fingerprint density at radius 1 is 0.556 bits per heavy atom. The van der Waals surface area contributed by atoms with Crippen LogP contribution in [0.3, 0.4) is 0 Å². The fourth-order valence-corrected chi connectivity index (χ4v) is 5.13. The van der Waals surface area contributed by atoms with Crippen molar-refractivity contribution in [3.05, 3.63) is 72.8 Å². The SMILES string of the molecule is CC.COc1cc(P(c2ccccc2)c2ccccc2)cc(OC)c1OC. The second-order valence-electron chi connectivity index (χ2n) is 5.39. The van der Waals surface area contributed by atoms with Gasteiger partial charge >= 0.3 is 0 Å². The number of hydrogen-bond acceptors (Lipinski definition) is 3. The van der Waals surface area contributed by atoms with Crippen LogP contribution in [0.15, 0.2) is 72.8 Å². The molecule has 4 heteroatoms. The summed E-state index contributed by atoms with van der Waals surface area (Å²) in [5, 5.41) is 3.71. The molecule has 0 fully saturated rings. The molecule has 0 atom stereocenters.